The molecule has 100 valence electrons. The van der Waals surface area contributed by atoms with Crippen LogP contribution in [0, 0.1) is 0 Å². The summed E-state index contributed by atoms with van der Waals surface area (Å²) in [6.45, 7) is 0.515. The van der Waals surface area contributed by atoms with E-state index in [0.717, 1.165) is 0 Å². The van der Waals surface area contributed by atoms with Crippen molar-refractivity contribution in [1.29, 1.82) is 0 Å². The van der Waals surface area contributed by atoms with Gasteiger partial charge in [0.15, 0.2) is 17.2 Å². The number of hydrogen-bond donors (Lipinski definition) is 1. The zero-order valence-electron chi connectivity index (χ0n) is 10.7. The van der Waals surface area contributed by atoms with Crippen molar-refractivity contribution in [3.63, 3.8) is 0 Å². The second-order valence-electron chi connectivity index (χ2n) is 4.41. The molecular formula is C14H13N5O. The number of fused-ring (bicyclic) bond motifs is 1. The maximum Gasteiger partial charge on any atom is 0.165 e. The number of aromatic nitrogens is 4. The molecule has 2 aromatic heterocycles. The molecule has 2 heterocycles. The average molecular weight is 267 g/mol. The number of hydrogen-bond acceptors (Lipinski definition) is 5. The second-order valence-corrected chi connectivity index (χ2v) is 4.41. The van der Waals surface area contributed by atoms with Crippen LogP contribution in [0.5, 0.6) is 0 Å². The van der Waals surface area contributed by atoms with Gasteiger partial charge in [0.25, 0.3) is 0 Å². The number of carbonyl (C=O) groups excluding carboxylic acids is 1. The van der Waals surface area contributed by atoms with Crippen molar-refractivity contribution in [3.8, 4) is 0 Å². The normalized spacial score (nSPS) is 10.8. The van der Waals surface area contributed by atoms with E-state index in [1.54, 1.807) is 6.33 Å². The molecule has 0 aliphatic carbocycles. The first-order valence-electron chi connectivity index (χ1n) is 6.25. The van der Waals surface area contributed by atoms with Crippen LogP contribution in [0.25, 0.3) is 11.2 Å². The molecule has 3 aromatic rings. The molecular weight excluding hydrogens is 254 g/mol. The number of imidazole rings is 1. The lowest BCUT2D eigenvalue weighted by Gasteiger charge is -2.03. The van der Waals surface area contributed by atoms with E-state index in [4.69, 9.17) is 5.73 Å². The quantitative estimate of drug-likeness (QED) is 0.727. The highest BCUT2D eigenvalue weighted by Crippen LogP contribution is 2.15. The third kappa shape index (κ3) is 2.23. The molecule has 0 aliphatic rings. The molecule has 2 N–H and O–H groups in total. The summed E-state index contributed by atoms with van der Waals surface area (Å²) in [6.07, 6.45) is 3.42. The first-order valence-corrected chi connectivity index (χ1v) is 6.25. The van der Waals surface area contributed by atoms with Crippen LogP contribution in [-0.2, 0) is 6.54 Å². The Morgan fingerprint density at radius 3 is 2.75 bits per heavy atom. The molecule has 3 rings (SSSR count). The van der Waals surface area contributed by atoms with E-state index in [-0.39, 0.29) is 5.78 Å². The van der Waals surface area contributed by atoms with Crippen LogP contribution in [0.4, 0.5) is 5.82 Å². The third-order valence-electron chi connectivity index (χ3n) is 3.11. The standard InChI is InChI=1S/C14H13N5O/c15-13-12-14(17-8-16-13)19(9-18-12)7-6-11(20)10-4-2-1-3-5-10/h1-5,8-9H,6-7H2,(H2,15,16,17). The van der Waals surface area contributed by atoms with E-state index < -0.39 is 0 Å². The smallest absolute Gasteiger partial charge is 0.165 e. The van der Waals surface area contributed by atoms with Gasteiger partial charge in [-0.3, -0.25) is 4.79 Å². The predicted molar refractivity (Wildman–Crippen MR) is 75.1 cm³/mol. The zero-order chi connectivity index (χ0) is 13.9. The molecule has 6 heteroatoms. The van der Waals surface area contributed by atoms with Crippen LogP contribution in [0.1, 0.15) is 16.8 Å². The van der Waals surface area contributed by atoms with Crippen molar-refractivity contribution in [3.05, 3.63) is 48.5 Å². The van der Waals surface area contributed by atoms with E-state index in [1.165, 1.54) is 6.33 Å². The maximum absolute atomic E-state index is 12.1. The van der Waals surface area contributed by atoms with Crippen molar-refractivity contribution < 1.29 is 4.79 Å². The molecule has 0 spiro atoms. The van der Waals surface area contributed by atoms with Gasteiger partial charge < -0.3 is 10.3 Å². The number of nitrogen functional groups attached to an aromatic ring is 1. The molecule has 0 bridgehead atoms. The summed E-state index contributed by atoms with van der Waals surface area (Å²) in [5.74, 6) is 0.442. The predicted octanol–water partition coefficient (Wildman–Crippen LogP) is 1.68. The Morgan fingerprint density at radius 1 is 1.15 bits per heavy atom. The number of aryl methyl sites for hydroxylation is 1. The Balaban J connectivity index is 1.78. The highest BCUT2D eigenvalue weighted by atomic mass is 16.1. The van der Waals surface area contributed by atoms with Gasteiger partial charge in [0.05, 0.1) is 6.33 Å². The molecule has 0 saturated carbocycles. The fraction of sp³-hybridized carbons (Fsp3) is 0.143. The molecule has 0 atom stereocenters. The van der Waals surface area contributed by atoms with Crippen LogP contribution in [0.3, 0.4) is 0 Å². The molecule has 20 heavy (non-hydrogen) atoms. The lowest BCUT2D eigenvalue weighted by atomic mass is 10.1. The summed E-state index contributed by atoms with van der Waals surface area (Å²) < 4.78 is 1.81. The molecule has 0 unspecified atom stereocenters. The topological polar surface area (TPSA) is 86.7 Å². The first-order chi connectivity index (χ1) is 9.75. The Bertz CT molecular complexity index is 751. The van der Waals surface area contributed by atoms with Crippen molar-refractivity contribution in [2.24, 2.45) is 0 Å². The van der Waals surface area contributed by atoms with E-state index in [1.807, 2.05) is 34.9 Å². The lowest BCUT2D eigenvalue weighted by molar-refractivity contribution is 0.0977. The number of anilines is 1. The summed E-state index contributed by atoms with van der Waals surface area (Å²) in [5.41, 5.74) is 7.66. The SMILES string of the molecule is Nc1ncnc2c1ncn2CCC(=O)c1ccccc1. The fourth-order valence-corrected chi connectivity index (χ4v) is 2.05. The molecule has 0 saturated heterocycles. The van der Waals surface area contributed by atoms with Gasteiger partial charge in [0.2, 0.25) is 0 Å². The van der Waals surface area contributed by atoms with Crippen LogP contribution in [-0.4, -0.2) is 25.3 Å². The molecule has 0 aliphatic heterocycles. The van der Waals surface area contributed by atoms with Gasteiger partial charge in [-0.1, -0.05) is 30.3 Å². The number of Topliss-reactive ketones (excluding diaryl/α,β-unsaturated/α-hetero) is 1. The summed E-state index contributed by atoms with van der Waals surface area (Å²) in [7, 11) is 0. The number of ketones is 1. The first kappa shape index (κ1) is 12.3. The Labute approximate surface area is 115 Å². The number of rotatable bonds is 4. The van der Waals surface area contributed by atoms with E-state index in [2.05, 4.69) is 15.0 Å². The van der Waals surface area contributed by atoms with Gasteiger partial charge >= 0.3 is 0 Å². The van der Waals surface area contributed by atoms with Crippen LogP contribution < -0.4 is 5.73 Å². The minimum Gasteiger partial charge on any atom is -0.382 e. The molecule has 6 nitrogen and oxygen atoms in total. The van der Waals surface area contributed by atoms with E-state index in [0.29, 0.717) is 35.5 Å². The summed E-state index contributed by atoms with van der Waals surface area (Å²) in [5, 5.41) is 0. The monoisotopic (exact) mass is 267 g/mol. The van der Waals surface area contributed by atoms with Crippen LogP contribution >= 0.6 is 0 Å². The Hall–Kier alpha value is -2.76. The minimum absolute atomic E-state index is 0.0921. The fourth-order valence-electron chi connectivity index (χ4n) is 2.05. The summed E-state index contributed by atoms with van der Waals surface area (Å²) >= 11 is 0. The molecule has 0 fully saturated rings. The molecule has 0 radical (unpaired) electrons. The largest absolute Gasteiger partial charge is 0.382 e. The van der Waals surface area contributed by atoms with Crippen LogP contribution in [0.15, 0.2) is 43.0 Å². The highest BCUT2D eigenvalue weighted by Gasteiger charge is 2.10. The highest BCUT2D eigenvalue weighted by molar-refractivity contribution is 5.96. The van der Waals surface area contributed by atoms with Gasteiger partial charge in [-0.2, -0.15) is 0 Å². The van der Waals surface area contributed by atoms with Gasteiger partial charge in [-0.25, -0.2) is 15.0 Å². The number of carbonyl (C=O) groups is 1. The average Bonchev–Trinajstić information content (AvgIpc) is 2.90. The maximum atomic E-state index is 12.1. The Morgan fingerprint density at radius 2 is 1.95 bits per heavy atom. The van der Waals surface area contributed by atoms with Crippen molar-refractivity contribution >= 4 is 22.8 Å². The van der Waals surface area contributed by atoms with Gasteiger partial charge in [0.1, 0.15) is 11.8 Å². The number of nitrogens with two attached hydrogens (primary N) is 1. The van der Waals surface area contributed by atoms with Gasteiger partial charge in [-0.05, 0) is 0 Å². The molecule has 0 amide bonds. The van der Waals surface area contributed by atoms with Gasteiger partial charge in [-0.15, -0.1) is 0 Å². The number of nitrogens with zero attached hydrogens (tertiary/aromatic N) is 4. The van der Waals surface area contributed by atoms with Gasteiger partial charge in [0, 0.05) is 18.5 Å². The van der Waals surface area contributed by atoms with Crippen molar-refractivity contribution in [2.45, 2.75) is 13.0 Å². The zero-order valence-corrected chi connectivity index (χ0v) is 10.7. The van der Waals surface area contributed by atoms with E-state index in [9.17, 15) is 4.79 Å². The van der Waals surface area contributed by atoms with Crippen molar-refractivity contribution in [2.75, 3.05) is 5.73 Å². The summed E-state index contributed by atoms with van der Waals surface area (Å²) in [6, 6.07) is 9.23. The molecule has 1 aromatic carbocycles. The third-order valence-corrected chi connectivity index (χ3v) is 3.11. The van der Waals surface area contributed by atoms with Crippen molar-refractivity contribution in [1.82, 2.24) is 19.5 Å². The lowest BCUT2D eigenvalue weighted by Crippen LogP contribution is -2.06. The van der Waals surface area contributed by atoms with E-state index >= 15 is 0 Å². The second kappa shape index (κ2) is 5.08. The van der Waals surface area contributed by atoms with Crippen LogP contribution in [0.2, 0.25) is 0 Å². The Kier molecular flexibility index (Phi) is 3.12. The minimum atomic E-state index is 0.0921. The number of benzene rings is 1. The summed E-state index contributed by atoms with van der Waals surface area (Å²) in [4.78, 5) is 24.3.